The van der Waals surface area contributed by atoms with Crippen molar-refractivity contribution in [1.82, 2.24) is 39.3 Å². The van der Waals surface area contributed by atoms with E-state index in [2.05, 4.69) is 29.5 Å². The summed E-state index contributed by atoms with van der Waals surface area (Å²) in [6.07, 6.45) is 10.8. The first-order valence-corrected chi connectivity index (χ1v) is 16.0. The summed E-state index contributed by atoms with van der Waals surface area (Å²) in [5.41, 5.74) is 4.92. The van der Waals surface area contributed by atoms with Gasteiger partial charge in [-0.1, -0.05) is 12.1 Å². The number of rotatable bonds is 3. The van der Waals surface area contributed by atoms with Gasteiger partial charge in [0.15, 0.2) is 5.82 Å². The van der Waals surface area contributed by atoms with Gasteiger partial charge in [0.25, 0.3) is 11.8 Å². The van der Waals surface area contributed by atoms with Gasteiger partial charge in [-0.3, -0.25) is 14.6 Å². The summed E-state index contributed by atoms with van der Waals surface area (Å²) in [5.74, 6) is 1.86. The Morgan fingerprint density at radius 3 is 2.44 bits per heavy atom. The monoisotopic (exact) mass is 622 g/mol. The summed E-state index contributed by atoms with van der Waals surface area (Å²) >= 11 is 1.41. The molecule has 0 unspecified atom stereocenters. The van der Waals surface area contributed by atoms with Crippen molar-refractivity contribution in [2.45, 2.75) is 32.7 Å². The third-order valence-electron chi connectivity index (χ3n) is 7.72. The summed E-state index contributed by atoms with van der Waals surface area (Å²) in [6, 6.07) is 11.6. The van der Waals surface area contributed by atoms with Crippen LogP contribution in [0.15, 0.2) is 78.3 Å². The minimum absolute atomic E-state index is 0.0870. The van der Waals surface area contributed by atoms with Gasteiger partial charge in [-0.15, -0.1) is 11.3 Å². The van der Waals surface area contributed by atoms with Gasteiger partial charge in [0.1, 0.15) is 17.3 Å². The zero-order chi connectivity index (χ0) is 31.0. The van der Waals surface area contributed by atoms with Crippen LogP contribution in [0.3, 0.4) is 0 Å². The molecule has 0 saturated carbocycles. The zero-order valence-electron chi connectivity index (χ0n) is 25.1. The lowest BCUT2D eigenvalue weighted by molar-refractivity contribution is 0.0710. The fourth-order valence-corrected chi connectivity index (χ4v) is 5.87. The Balaban J connectivity index is 1.26. The molecule has 0 aliphatic carbocycles. The Hall–Kier alpha value is -4.97. The molecule has 12 heteroatoms. The summed E-state index contributed by atoms with van der Waals surface area (Å²) in [7, 11) is 0. The third-order valence-corrected chi connectivity index (χ3v) is 8.31. The maximum Gasteiger partial charge on any atom is 0.273 e. The van der Waals surface area contributed by atoms with E-state index < -0.39 is 0 Å². The van der Waals surface area contributed by atoms with Crippen molar-refractivity contribution in [2.24, 2.45) is 0 Å². The maximum absolute atomic E-state index is 14.0. The highest BCUT2D eigenvalue weighted by Gasteiger charge is 2.22. The number of nitrogens with zero attached hydrogens (tertiary/aromatic N) is 8. The number of pyridine rings is 1. The molecule has 5 heterocycles. The fourth-order valence-electron chi connectivity index (χ4n) is 5.35. The third kappa shape index (κ3) is 7.23. The van der Waals surface area contributed by atoms with Crippen molar-refractivity contribution < 1.29 is 14.3 Å². The van der Waals surface area contributed by atoms with E-state index in [4.69, 9.17) is 4.74 Å². The lowest BCUT2D eigenvalue weighted by Gasteiger charge is -2.25. The predicted octanol–water partition coefficient (Wildman–Crippen LogP) is 5.01. The van der Waals surface area contributed by atoms with Gasteiger partial charge in [0, 0.05) is 80.2 Å². The molecule has 0 spiro atoms. The van der Waals surface area contributed by atoms with Crippen LogP contribution in [0.4, 0.5) is 0 Å². The minimum atomic E-state index is -0.129. The molecular formula is C33H34N8O3S. The molecule has 11 nitrogen and oxygen atoms in total. The predicted molar refractivity (Wildman–Crippen MR) is 171 cm³/mol. The Bertz CT molecular complexity index is 1740. The number of aromatic nitrogens is 6. The van der Waals surface area contributed by atoms with Crippen LogP contribution in [-0.4, -0.2) is 83.9 Å². The van der Waals surface area contributed by atoms with Crippen molar-refractivity contribution in [3.05, 3.63) is 95.2 Å². The van der Waals surface area contributed by atoms with Crippen LogP contribution in [-0.2, 0) is 6.54 Å². The van der Waals surface area contributed by atoms with Crippen molar-refractivity contribution in [3.8, 4) is 28.5 Å². The van der Waals surface area contributed by atoms with Crippen LogP contribution in [0.25, 0.3) is 22.8 Å². The van der Waals surface area contributed by atoms with E-state index in [9.17, 15) is 9.59 Å². The Kier molecular flexibility index (Phi) is 9.50. The molecule has 0 N–H and O–H groups in total. The largest absolute Gasteiger partial charge is 0.494 e. The summed E-state index contributed by atoms with van der Waals surface area (Å²) in [5, 5.41) is 1.78. The maximum atomic E-state index is 14.0. The van der Waals surface area contributed by atoms with Crippen LogP contribution in [0, 0.1) is 6.92 Å². The van der Waals surface area contributed by atoms with E-state index >= 15 is 0 Å². The molecule has 1 aliphatic heterocycles. The number of amides is 2. The van der Waals surface area contributed by atoms with Gasteiger partial charge in [-0.05, 0) is 50.5 Å². The van der Waals surface area contributed by atoms with Crippen LogP contribution in [0.5, 0.6) is 5.75 Å². The number of carbonyl (C=O) groups is 2. The van der Waals surface area contributed by atoms with Crippen LogP contribution in [0.2, 0.25) is 0 Å². The standard InChI is InChI=1S/C33H34N8O3S/c1-24-28(21-36-30(38-24)26-8-5-10-34-20-26)32(42)41-13-3-2-12-40(33(43)29-22-45-23-37-29)14-6-18-44-27-9-4-7-25(19-27)31-35-11-15-39(31)16-17-41/h4-5,7-11,15,19-23H,2-3,6,12-14,16-18H2,1H3. The number of carbonyl (C=O) groups excluding carboxylic acids is 2. The van der Waals surface area contributed by atoms with Crippen LogP contribution in [0.1, 0.15) is 45.8 Å². The molecule has 1 aromatic carbocycles. The lowest BCUT2D eigenvalue weighted by Crippen LogP contribution is -2.37. The number of hydrogen-bond acceptors (Lipinski definition) is 9. The van der Waals surface area contributed by atoms with Gasteiger partial charge < -0.3 is 19.1 Å². The average Bonchev–Trinajstić information content (AvgIpc) is 3.78. The van der Waals surface area contributed by atoms with Gasteiger partial charge in [0.2, 0.25) is 0 Å². The number of thiazole rings is 1. The van der Waals surface area contributed by atoms with E-state index in [-0.39, 0.29) is 11.8 Å². The SMILES string of the molecule is Cc1nc(-c2cccnc2)ncc1C(=O)N1CCCCN(C(=O)c2cscn2)CCCOc2cccc(c2)-c2nccn2CC1. The van der Waals surface area contributed by atoms with Gasteiger partial charge in [0.05, 0.1) is 23.4 Å². The molecule has 1 aliphatic rings. The van der Waals surface area contributed by atoms with Crippen molar-refractivity contribution in [1.29, 1.82) is 0 Å². The van der Waals surface area contributed by atoms with Gasteiger partial charge in [-0.2, -0.15) is 0 Å². The first-order valence-electron chi connectivity index (χ1n) is 15.0. The van der Waals surface area contributed by atoms with E-state index in [1.165, 1.54) is 11.3 Å². The number of imidazole rings is 1. The smallest absolute Gasteiger partial charge is 0.273 e. The molecule has 4 aromatic heterocycles. The second-order valence-electron chi connectivity index (χ2n) is 10.8. The second kappa shape index (κ2) is 14.2. The first kappa shape index (κ1) is 30.1. The van der Waals surface area contributed by atoms with Crippen molar-refractivity contribution >= 4 is 23.2 Å². The van der Waals surface area contributed by atoms with E-state index in [0.29, 0.717) is 74.9 Å². The Morgan fingerprint density at radius 1 is 0.844 bits per heavy atom. The number of hydrogen-bond donors (Lipinski definition) is 0. The van der Waals surface area contributed by atoms with E-state index in [0.717, 1.165) is 29.1 Å². The molecule has 0 atom stereocenters. The van der Waals surface area contributed by atoms with Crippen molar-refractivity contribution in [2.75, 3.05) is 32.8 Å². The molecule has 0 saturated heterocycles. The fraction of sp³-hybridized carbons (Fsp3) is 0.303. The molecule has 5 aromatic rings. The lowest BCUT2D eigenvalue weighted by atomic mass is 10.1. The first-order chi connectivity index (χ1) is 22.1. The molecular weight excluding hydrogens is 588 g/mol. The number of ether oxygens (including phenoxy) is 1. The molecule has 2 bridgehead atoms. The normalized spacial score (nSPS) is 14.7. The van der Waals surface area contributed by atoms with Crippen LogP contribution < -0.4 is 4.74 Å². The summed E-state index contributed by atoms with van der Waals surface area (Å²) < 4.78 is 8.13. The van der Waals surface area contributed by atoms with Crippen molar-refractivity contribution in [3.63, 3.8) is 0 Å². The Labute approximate surface area is 265 Å². The van der Waals surface area contributed by atoms with E-state index in [1.54, 1.807) is 35.7 Å². The molecule has 0 fully saturated rings. The average molecular weight is 623 g/mol. The molecule has 6 rings (SSSR count). The Morgan fingerprint density at radius 2 is 1.67 bits per heavy atom. The van der Waals surface area contributed by atoms with E-state index in [1.807, 2.05) is 59.3 Å². The highest BCUT2D eigenvalue weighted by atomic mass is 32.1. The molecule has 230 valence electrons. The molecule has 2 amide bonds. The number of aryl methyl sites for hydroxylation is 1. The highest BCUT2D eigenvalue weighted by Crippen LogP contribution is 2.24. The van der Waals surface area contributed by atoms with Crippen LogP contribution >= 0.6 is 11.3 Å². The topological polar surface area (TPSA) is 119 Å². The second-order valence-corrected chi connectivity index (χ2v) is 11.5. The highest BCUT2D eigenvalue weighted by molar-refractivity contribution is 7.07. The zero-order valence-corrected chi connectivity index (χ0v) is 25.9. The number of fused-ring (bicyclic) bond motifs is 4. The van der Waals surface area contributed by atoms with Gasteiger partial charge >= 0.3 is 0 Å². The number of benzene rings is 1. The quantitative estimate of drug-likeness (QED) is 0.275. The molecule has 45 heavy (non-hydrogen) atoms. The summed E-state index contributed by atoms with van der Waals surface area (Å²) in [4.78, 5) is 53.1. The minimum Gasteiger partial charge on any atom is -0.494 e. The molecule has 0 radical (unpaired) electrons. The summed E-state index contributed by atoms with van der Waals surface area (Å²) in [6.45, 7) is 4.94. The van der Waals surface area contributed by atoms with Gasteiger partial charge in [-0.25, -0.2) is 19.9 Å².